The summed E-state index contributed by atoms with van der Waals surface area (Å²) < 4.78 is 27.1. The molecule has 3 rings (SSSR count). The van der Waals surface area contributed by atoms with Gasteiger partial charge < -0.3 is 4.57 Å². The van der Waals surface area contributed by atoms with Crippen LogP contribution < -0.4 is 0 Å². The molecule has 110 valence electrons. The van der Waals surface area contributed by atoms with Crippen LogP contribution in [-0.2, 0) is 10.0 Å². The fourth-order valence-corrected chi connectivity index (χ4v) is 4.54. The van der Waals surface area contributed by atoms with Gasteiger partial charge in [-0.3, -0.25) is 4.79 Å². The van der Waals surface area contributed by atoms with Crippen LogP contribution in [0.3, 0.4) is 0 Å². The maximum Gasteiger partial charge on any atom is 0.214 e. The summed E-state index contributed by atoms with van der Waals surface area (Å²) in [5, 5.41) is 0. The summed E-state index contributed by atoms with van der Waals surface area (Å²) in [6, 6.07) is 2.44. The molecule has 1 saturated carbocycles. The van der Waals surface area contributed by atoms with Gasteiger partial charge in [0.15, 0.2) is 5.78 Å². The summed E-state index contributed by atoms with van der Waals surface area (Å²) >= 11 is 0. The van der Waals surface area contributed by atoms with Crippen molar-refractivity contribution in [3.8, 4) is 0 Å². The number of hydrogen-bond donors (Lipinski definition) is 0. The van der Waals surface area contributed by atoms with Crippen molar-refractivity contribution in [1.29, 1.82) is 0 Å². The van der Waals surface area contributed by atoms with Crippen LogP contribution in [0.25, 0.3) is 0 Å². The van der Waals surface area contributed by atoms with E-state index in [1.54, 1.807) is 0 Å². The van der Waals surface area contributed by atoms with Crippen molar-refractivity contribution >= 4 is 15.8 Å². The van der Waals surface area contributed by atoms with Crippen LogP contribution in [0.2, 0.25) is 0 Å². The Balaban J connectivity index is 1.83. The van der Waals surface area contributed by atoms with E-state index in [1.807, 2.05) is 19.9 Å². The SMILES string of the molecule is Cc1cc(C(=O)CN2CCCS2(=O)=O)c(C)n1C1CC1. The normalized spacial score (nSPS) is 22.3. The standard InChI is InChI=1S/C14H20N2O3S/c1-10-8-13(11(2)16(10)12-4-5-12)14(17)9-15-6-3-7-20(15,18)19/h8,12H,3-7,9H2,1-2H3. The summed E-state index contributed by atoms with van der Waals surface area (Å²) in [5.74, 6) is 0.0805. The first-order valence-electron chi connectivity index (χ1n) is 7.09. The van der Waals surface area contributed by atoms with Crippen molar-refractivity contribution in [1.82, 2.24) is 8.87 Å². The number of hydrogen-bond acceptors (Lipinski definition) is 3. The predicted molar refractivity (Wildman–Crippen MR) is 76.5 cm³/mol. The number of Topliss-reactive ketones (excluding diaryl/α,β-unsaturated/α-hetero) is 1. The van der Waals surface area contributed by atoms with Crippen molar-refractivity contribution in [2.24, 2.45) is 0 Å². The lowest BCUT2D eigenvalue weighted by atomic mass is 10.1. The molecule has 2 heterocycles. The number of carbonyl (C=O) groups is 1. The molecular formula is C14H20N2O3S. The molecule has 1 aromatic heterocycles. The number of carbonyl (C=O) groups excluding carboxylic acids is 1. The molecule has 0 bridgehead atoms. The zero-order valence-corrected chi connectivity index (χ0v) is 12.7. The zero-order valence-electron chi connectivity index (χ0n) is 11.9. The van der Waals surface area contributed by atoms with Crippen LogP contribution in [0.5, 0.6) is 0 Å². The fraction of sp³-hybridized carbons (Fsp3) is 0.643. The Kier molecular flexibility index (Phi) is 3.25. The number of aromatic nitrogens is 1. The van der Waals surface area contributed by atoms with E-state index in [0.717, 1.165) is 11.4 Å². The Labute approximate surface area is 119 Å². The minimum absolute atomic E-state index is 0.0166. The van der Waals surface area contributed by atoms with Crippen molar-refractivity contribution in [3.05, 3.63) is 23.0 Å². The minimum atomic E-state index is -3.20. The van der Waals surface area contributed by atoms with E-state index in [0.29, 0.717) is 24.6 Å². The quantitative estimate of drug-likeness (QED) is 0.794. The third-order valence-electron chi connectivity index (χ3n) is 4.22. The Hall–Kier alpha value is -1.14. The van der Waals surface area contributed by atoms with Crippen LogP contribution in [0.1, 0.15) is 47.1 Å². The molecule has 0 N–H and O–H groups in total. The van der Waals surface area contributed by atoms with Gasteiger partial charge in [0.05, 0.1) is 12.3 Å². The Morgan fingerprint density at radius 1 is 1.35 bits per heavy atom. The maximum atomic E-state index is 12.4. The summed E-state index contributed by atoms with van der Waals surface area (Å²) in [6.07, 6.45) is 2.96. The smallest absolute Gasteiger partial charge is 0.214 e. The van der Waals surface area contributed by atoms with Crippen LogP contribution in [0, 0.1) is 13.8 Å². The second-order valence-electron chi connectivity index (χ2n) is 5.81. The number of nitrogens with zero attached hydrogens (tertiary/aromatic N) is 2. The molecule has 20 heavy (non-hydrogen) atoms. The molecule has 0 spiro atoms. The van der Waals surface area contributed by atoms with Crippen molar-refractivity contribution in [2.75, 3.05) is 18.8 Å². The first-order valence-corrected chi connectivity index (χ1v) is 8.70. The molecule has 6 heteroatoms. The lowest BCUT2D eigenvalue weighted by Crippen LogP contribution is -2.31. The summed E-state index contributed by atoms with van der Waals surface area (Å²) in [5.41, 5.74) is 2.75. The summed E-state index contributed by atoms with van der Waals surface area (Å²) in [6.45, 7) is 4.42. The van der Waals surface area contributed by atoms with Gasteiger partial charge in [0.2, 0.25) is 10.0 Å². The molecule has 0 atom stereocenters. The van der Waals surface area contributed by atoms with Gasteiger partial charge in [-0.1, -0.05) is 0 Å². The van der Waals surface area contributed by atoms with Gasteiger partial charge in [-0.15, -0.1) is 0 Å². The van der Waals surface area contributed by atoms with Gasteiger partial charge in [-0.2, -0.15) is 4.31 Å². The van der Waals surface area contributed by atoms with E-state index in [4.69, 9.17) is 0 Å². The highest BCUT2D eigenvalue weighted by Gasteiger charge is 2.32. The molecule has 0 radical (unpaired) electrons. The first kappa shape index (κ1) is 13.8. The number of rotatable bonds is 4. The average Bonchev–Trinajstić information content (AvgIpc) is 3.07. The van der Waals surface area contributed by atoms with E-state index in [1.165, 1.54) is 17.1 Å². The van der Waals surface area contributed by atoms with Gasteiger partial charge in [0.25, 0.3) is 0 Å². The molecule has 0 unspecified atom stereocenters. The lowest BCUT2D eigenvalue weighted by molar-refractivity contribution is 0.0968. The molecule has 2 fully saturated rings. The van der Waals surface area contributed by atoms with Crippen LogP contribution in [0.15, 0.2) is 6.07 Å². The summed E-state index contributed by atoms with van der Waals surface area (Å²) in [4.78, 5) is 12.4. The maximum absolute atomic E-state index is 12.4. The monoisotopic (exact) mass is 296 g/mol. The Bertz CT molecular complexity index is 656. The average molecular weight is 296 g/mol. The van der Waals surface area contributed by atoms with E-state index in [9.17, 15) is 13.2 Å². The molecule has 0 aromatic carbocycles. The highest BCUT2D eigenvalue weighted by molar-refractivity contribution is 7.89. The largest absolute Gasteiger partial charge is 0.345 e. The van der Waals surface area contributed by atoms with Crippen LogP contribution in [-0.4, -0.2) is 41.9 Å². The third kappa shape index (κ3) is 2.31. The minimum Gasteiger partial charge on any atom is -0.345 e. The molecule has 1 aromatic rings. The Morgan fingerprint density at radius 3 is 2.60 bits per heavy atom. The van der Waals surface area contributed by atoms with Gasteiger partial charge in [-0.05, 0) is 39.2 Å². The first-order chi connectivity index (χ1) is 9.40. The van der Waals surface area contributed by atoms with E-state index >= 15 is 0 Å². The molecule has 1 aliphatic heterocycles. The van der Waals surface area contributed by atoms with Crippen LogP contribution in [0.4, 0.5) is 0 Å². The molecule has 2 aliphatic rings. The number of ketones is 1. The lowest BCUT2D eigenvalue weighted by Gasteiger charge is -2.13. The predicted octanol–water partition coefficient (Wildman–Crippen LogP) is 1.66. The van der Waals surface area contributed by atoms with Gasteiger partial charge in [0.1, 0.15) is 0 Å². The van der Waals surface area contributed by atoms with Crippen molar-refractivity contribution in [3.63, 3.8) is 0 Å². The van der Waals surface area contributed by atoms with Crippen LogP contribution >= 0.6 is 0 Å². The van der Waals surface area contributed by atoms with Gasteiger partial charge in [-0.25, -0.2) is 8.42 Å². The fourth-order valence-electron chi connectivity index (χ4n) is 3.07. The molecule has 5 nitrogen and oxygen atoms in total. The second kappa shape index (κ2) is 4.70. The molecule has 0 amide bonds. The van der Waals surface area contributed by atoms with Crippen molar-refractivity contribution < 1.29 is 13.2 Å². The van der Waals surface area contributed by atoms with E-state index < -0.39 is 10.0 Å². The third-order valence-corrected chi connectivity index (χ3v) is 6.12. The highest BCUT2D eigenvalue weighted by atomic mass is 32.2. The molecule has 1 aliphatic carbocycles. The highest BCUT2D eigenvalue weighted by Crippen LogP contribution is 2.38. The van der Waals surface area contributed by atoms with Gasteiger partial charge in [0, 0.05) is 29.5 Å². The topological polar surface area (TPSA) is 59.4 Å². The van der Waals surface area contributed by atoms with E-state index in [-0.39, 0.29) is 18.1 Å². The number of aryl methyl sites for hydroxylation is 1. The zero-order chi connectivity index (χ0) is 14.5. The molecular weight excluding hydrogens is 276 g/mol. The van der Waals surface area contributed by atoms with Crippen molar-refractivity contribution in [2.45, 2.75) is 39.2 Å². The number of sulfonamides is 1. The van der Waals surface area contributed by atoms with Gasteiger partial charge >= 0.3 is 0 Å². The molecule has 1 saturated heterocycles. The second-order valence-corrected chi connectivity index (χ2v) is 7.90. The Morgan fingerprint density at radius 2 is 2.05 bits per heavy atom. The summed E-state index contributed by atoms with van der Waals surface area (Å²) in [7, 11) is -3.20. The van der Waals surface area contributed by atoms with E-state index in [2.05, 4.69) is 4.57 Å².